The van der Waals surface area contributed by atoms with Crippen LogP contribution >= 0.6 is 0 Å². The van der Waals surface area contributed by atoms with Crippen molar-refractivity contribution in [2.45, 2.75) is 39.0 Å². The Labute approximate surface area is 120 Å². The molecule has 1 aliphatic rings. The summed E-state index contributed by atoms with van der Waals surface area (Å²) in [4.78, 5) is 12.0. The molecule has 0 aromatic heterocycles. The average molecular weight is 276 g/mol. The molecule has 0 aliphatic carbocycles. The van der Waals surface area contributed by atoms with Gasteiger partial charge in [0.2, 0.25) is 5.91 Å². The molecule has 3 N–H and O–H groups in total. The number of anilines is 1. The Morgan fingerprint density at radius 1 is 1.45 bits per heavy atom. The molecule has 110 valence electrons. The lowest BCUT2D eigenvalue weighted by Gasteiger charge is -2.13. The molecule has 1 heterocycles. The van der Waals surface area contributed by atoms with Crippen LogP contribution in [0.1, 0.15) is 38.2 Å². The van der Waals surface area contributed by atoms with Crippen molar-refractivity contribution in [1.29, 1.82) is 0 Å². The van der Waals surface area contributed by atoms with E-state index in [1.807, 2.05) is 18.2 Å². The van der Waals surface area contributed by atoms with Gasteiger partial charge in [-0.1, -0.05) is 13.3 Å². The van der Waals surface area contributed by atoms with Gasteiger partial charge >= 0.3 is 0 Å². The molecule has 20 heavy (non-hydrogen) atoms. The number of nitrogens with one attached hydrogen (secondary N) is 1. The predicted octanol–water partition coefficient (Wildman–Crippen LogP) is 2.72. The molecule has 0 radical (unpaired) electrons. The number of fused-ring (bicyclic) bond motifs is 1. The number of amides is 1. The van der Waals surface area contributed by atoms with E-state index < -0.39 is 0 Å². The molecule has 4 heteroatoms. The second-order valence-electron chi connectivity index (χ2n) is 5.36. The first kappa shape index (κ1) is 14.9. The average Bonchev–Trinajstić information content (AvgIpc) is 2.91. The van der Waals surface area contributed by atoms with Crippen molar-refractivity contribution in [3.63, 3.8) is 0 Å². The Morgan fingerprint density at radius 2 is 2.30 bits per heavy atom. The fourth-order valence-corrected chi connectivity index (χ4v) is 2.61. The van der Waals surface area contributed by atoms with Crippen molar-refractivity contribution in [3.8, 4) is 5.75 Å². The SMILES string of the molecule is CCC(CCN)CCC(=O)Nc1ccc2c(c1)CCO2. The number of nitrogens with two attached hydrogens (primary N) is 1. The number of ether oxygens (including phenoxy) is 1. The summed E-state index contributed by atoms with van der Waals surface area (Å²) in [5.41, 5.74) is 7.62. The second-order valence-corrected chi connectivity index (χ2v) is 5.36. The molecule has 0 saturated heterocycles. The zero-order valence-electron chi connectivity index (χ0n) is 12.2. The highest BCUT2D eigenvalue weighted by Crippen LogP contribution is 2.28. The summed E-state index contributed by atoms with van der Waals surface area (Å²) < 4.78 is 5.45. The summed E-state index contributed by atoms with van der Waals surface area (Å²) in [6.45, 7) is 3.59. The number of hydrogen-bond acceptors (Lipinski definition) is 3. The lowest BCUT2D eigenvalue weighted by molar-refractivity contribution is -0.116. The number of rotatable bonds is 7. The van der Waals surface area contributed by atoms with Crippen LogP contribution in [0.5, 0.6) is 5.75 Å². The van der Waals surface area contributed by atoms with Gasteiger partial charge in [-0.25, -0.2) is 0 Å². The maximum Gasteiger partial charge on any atom is 0.224 e. The minimum atomic E-state index is 0.0827. The Morgan fingerprint density at radius 3 is 3.05 bits per heavy atom. The molecular weight excluding hydrogens is 252 g/mol. The van der Waals surface area contributed by atoms with Crippen LogP contribution in [0.15, 0.2) is 18.2 Å². The smallest absolute Gasteiger partial charge is 0.224 e. The van der Waals surface area contributed by atoms with Crippen molar-refractivity contribution in [3.05, 3.63) is 23.8 Å². The summed E-state index contributed by atoms with van der Waals surface area (Å²) in [6, 6.07) is 5.85. The van der Waals surface area contributed by atoms with Crippen LogP contribution in [0, 0.1) is 5.92 Å². The minimum Gasteiger partial charge on any atom is -0.493 e. The molecule has 1 amide bonds. The van der Waals surface area contributed by atoms with Gasteiger partial charge in [0, 0.05) is 18.5 Å². The van der Waals surface area contributed by atoms with Crippen LogP contribution in [0.2, 0.25) is 0 Å². The topological polar surface area (TPSA) is 64.4 Å². The molecule has 1 atom stereocenters. The van der Waals surface area contributed by atoms with Gasteiger partial charge in [-0.05, 0) is 49.1 Å². The summed E-state index contributed by atoms with van der Waals surface area (Å²) in [7, 11) is 0. The monoisotopic (exact) mass is 276 g/mol. The highest BCUT2D eigenvalue weighted by Gasteiger charge is 2.13. The Bertz CT molecular complexity index is 460. The summed E-state index contributed by atoms with van der Waals surface area (Å²) in [6.07, 6.45) is 4.48. The molecule has 1 aromatic rings. The molecule has 2 rings (SSSR count). The van der Waals surface area contributed by atoms with Crippen molar-refractivity contribution in [2.75, 3.05) is 18.5 Å². The van der Waals surface area contributed by atoms with Gasteiger partial charge in [-0.2, -0.15) is 0 Å². The highest BCUT2D eigenvalue weighted by molar-refractivity contribution is 5.90. The van der Waals surface area contributed by atoms with Gasteiger partial charge in [0.15, 0.2) is 0 Å². The van der Waals surface area contributed by atoms with E-state index in [0.29, 0.717) is 18.9 Å². The normalized spacial score (nSPS) is 14.5. The van der Waals surface area contributed by atoms with E-state index in [4.69, 9.17) is 10.5 Å². The maximum atomic E-state index is 12.0. The van der Waals surface area contributed by atoms with Gasteiger partial charge in [-0.15, -0.1) is 0 Å². The number of carbonyl (C=O) groups is 1. The Kier molecular flexibility index (Phi) is 5.41. The van der Waals surface area contributed by atoms with Crippen LogP contribution in [0.3, 0.4) is 0 Å². The third-order valence-corrected chi connectivity index (χ3v) is 3.91. The van der Waals surface area contributed by atoms with Gasteiger partial charge < -0.3 is 15.8 Å². The lowest BCUT2D eigenvalue weighted by Crippen LogP contribution is -2.15. The molecule has 4 nitrogen and oxygen atoms in total. The van der Waals surface area contributed by atoms with E-state index in [-0.39, 0.29) is 5.91 Å². The van der Waals surface area contributed by atoms with Gasteiger partial charge in [-0.3, -0.25) is 4.79 Å². The number of benzene rings is 1. The molecular formula is C16H24N2O2. The fourth-order valence-electron chi connectivity index (χ4n) is 2.61. The zero-order valence-corrected chi connectivity index (χ0v) is 12.2. The summed E-state index contributed by atoms with van der Waals surface area (Å²) in [5, 5.41) is 2.97. The van der Waals surface area contributed by atoms with Crippen LogP contribution in [0.4, 0.5) is 5.69 Å². The molecule has 0 spiro atoms. The zero-order chi connectivity index (χ0) is 14.4. The van der Waals surface area contributed by atoms with E-state index >= 15 is 0 Å². The predicted molar refractivity (Wildman–Crippen MR) is 81.0 cm³/mol. The second kappa shape index (κ2) is 7.29. The fraction of sp³-hybridized carbons (Fsp3) is 0.562. The van der Waals surface area contributed by atoms with Gasteiger partial charge in [0.1, 0.15) is 5.75 Å². The third kappa shape index (κ3) is 3.97. The molecule has 0 fully saturated rings. The lowest BCUT2D eigenvalue weighted by atomic mass is 9.96. The quantitative estimate of drug-likeness (QED) is 0.804. The highest BCUT2D eigenvalue weighted by atomic mass is 16.5. The first-order valence-electron chi connectivity index (χ1n) is 7.48. The largest absolute Gasteiger partial charge is 0.493 e. The van der Waals surface area contributed by atoms with E-state index in [0.717, 1.165) is 43.7 Å². The first-order chi connectivity index (χ1) is 9.72. The van der Waals surface area contributed by atoms with Crippen LogP contribution in [0.25, 0.3) is 0 Å². The van der Waals surface area contributed by atoms with E-state index in [2.05, 4.69) is 12.2 Å². The summed E-state index contributed by atoms with van der Waals surface area (Å²) >= 11 is 0. The molecule has 1 aromatic carbocycles. The van der Waals surface area contributed by atoms with Gasteiger partial charge in [0.05, 0.1) is 6.61 Å². The van der Waals surface area contributed by atoms with Crippen molar-refractivity contribution in [2.24, 2.45) is 11.7 Å². The standard InChI is InChI=1S/C16H24N2O2/c1-2-12(7-9-17)3-6-16(19)18-14-4-5-15-13(11-14)8-10-20-15/h4-5,11-12H,2-3,6-10,17H2,1H3,(H,18,19). The number of carbonyl (C=O) groups excluding carboxylic acids is 1. The van der Waals surface area contributed by atoms with Gasteiger partial charge in [0.25, 0.3) is 0 Å². The van der Waals surface area contributed by atoms with Crippen LogP contribution in [-0.4, -0.2) is 19.1 Å². The number of hydrogen-bond donors (Lipinski definition) is 2. The molecule has 1 aliphatic heterocycles. The third-order valence-electron chi connectivity index (χ3n) is 3.91. The molecule has 1 unspecified atom stereocenters. The Balaban J connectivity index is 1.82. The van der Waals surface area contributed by atoms with Crippen LogP contribution in [-0.2, 0) is 11.2 Å². The van der Waals surface area contributed by atoms with E-state index in [9.17, 15) is 4.79 Å². The minimum absolute atomic E-state index is 0.0827. The van der Waals surface area contributed by atoms with Crippen molar-refractivity contribution in [1.82, 2.24) is 0 Å². The molecule has 0 saturated carbocycles. The first-order valence-corrected chi connectivity index (χ1v) is 7.48. The van der Waals surface area contributed by atoms with Crippen LogP contribution < -0.4 is 15.8 Å². The molecule has 0 bridgehead atoms. The Hall–Kier alpha value is -1.55. The van der Waals surface area contributed by atoms with E-state index in [1.54, 1.807) is 0 Å². The maximum absolute atomic E-state index is 12.0. The van der Waals surface area contributed by atoms with E-state index in [1.165, 1.54) is 5.56 Å². The van der Waals surface area contributed by atoms with Crippen molar-refractivity contribution >= 4 is 11.6 Å². The van der Waals surface area contributed by atoms with Crippen molar-refractivity contribution < 1.29 is 9.53 Å². The summed E-state index contributed by atoms with van der Waals surface area (Å²) in [5.74, 6) is 1.58.